The van der Waals surface area contributed by atoms with E-state index in [-0.39, 0.29) is 0 Å². The molecule has 4 aromatic rings. The number of benzene rings is 3. The van der Waals surface area contributed by atoms with Crippen LogP contribution in [0.4, 0.5) is 5.13 Å². The van der Waals surface area contributed by atoms with Crippen LogP contribution in [0.5, 0.6) is 0 Å². The fourth-order valence-corrected chi connectivity index (χ4v) is 4.75. The summed E-state index contributed by atoms with van der Waals surface area (Å²) in [6.45, 7) is 2.00. The highest BCUT2D eigenvalue weighted by molar-refractivity contribution is 7.22. The molecule has 4 rings (SSSR count). The average Bonchev–Trinajstić information content (AvgIpc) is 3.22. The van der Waals surface area contributed by atoms with E-state index in [2.05, 4.69) is 5.32 Å². The monoisotopic (exact) mass is 434 g/mol. The van der Waals surface area contributed by atoms with Crippen LogP contribution in [0.1, 0.15) is 17.2 Å². The van der Waals surface area contributed by atoms with Gasteiger partial charge >= 0.3 is 11.9 Å². The van der Waals surface area contributed by atoms with Gasteiger partial charge in [0, 0.05) is 0 Å². The number of carbonyl (C=O) groups is 2. The number of hydrogen-bond donors (Lipinski definition) is 1. The normalized spacial score (nSPS) is 12.1. The predicted molar refractivity (Wildman–Crippen MR) is 122 cm³/mol. The third-order valence-electron chi connectivity index (χ3n) is 5.30. The first-order chi connectivity index (χ1) is 15.0. The third kappa shape index (κ3) is 3.96. The van der Waals surface area contributed by atoms with E-state index in [0.717, 1.165) is 32.1 Å². The molecule has 0 amide bonds. The first-order valence-electron chi connectivity index (χ1n) is 9.79. The number of esters is 2. The van der Waals surface area contributed by atoms with E-state index in [9.17, 15) is 9.59 Å². The Kier molecular flexibility index (Phi) is 5.86. The molecule has 0 spiro atoms. The minimum atomic E-state index is -1.20. The van der Waals surface area contributed by atoms with Gasteiger partial charge in [-0.1, -0.05) is 65.9 Å². The molecule has 0 aliphatic rings. The minimum absolute atomic E-state index is 0.611. The Morgan fingerprint density at radius 2 is 1.61 bits per heavy atom. The van der Waals surface area contributed by atoms with E-state index in [1.165, 1.54) is 25.6 Å². The van der Waals surface area contributed by atoms with Gasteiger partial charge in [0.2, 0.25) is 0 Å². The average molecular weight is 435 g/mol. The van der Waals surface area contributed by atoms with Crippen molar-refractivity contribution < 1.29 is 19.1 Å². The first-order valence-corrected chi connectivity index (χ1v) is 10.6. The second kappa shape index (κ2) is 8.73. The lowest BCUT2D eigenvalue weighted by atomic mass is 9.89. The Morgan fingerprint density at radius 3 is 2.32 bits per heavy atom. The summed E-state index contributed by atoms with van der Waals surface area (Å²) in [5.41, 5.74) is 2.73. The summed E-state index contributed by atoms with van der Waals surface area (Å²) >= 11 is 1.47. The molecule has 0 aliphatic carbocycles. The SMILES string of the molecule is COC(=O)C(C(=O)OC)C(Nc1nc2c(C)cccc2s1)c1cccc2ccccc12. The van der Waals surface area contributed by atoms with Crippen molar-refractivity contribution in [3.05, 3.63) is 71.8 Å². The molecule has 1 heterocycles. The van der Waals surface area contributed by atoms with E-state index in [0.29, 0.717) is 5.13 Å². The molecule has 0 bridgehead atoms. The summed E-state index contributed by atoms with van der Waals surface area (Å²) in [6.07, 6.45) is 0. The number of methoxy groups -OCH3 is 2. The number of hydrogen-bond acceptors (Lipinski definition) is 7. The summed E-state index contributed by atoms with van der Waals surface area (Å²) in [6, 6.07) is 18.9. The maximum Gasteiger partial charge on any atom is 0.322 e. The van der Waals surface area contributed by atoms with Crippen molar-refractivity contribution in [1.29, 1.82) is 0 Å². The summed E-state index contributed by atoms with van der Waals surface area (Å²) in [5, 5.41) is 5.88. The maximum absolute atomic E-state index is 12.7. The van der Waals surface area contributed by atoms with Crippen molar-refractivity contribution in [2.45, 2.75) is 13.0 Å². The van der Waals surface area contributed by atoms with Gasteiger partial charge in [-0.2, -0.15) is 0 Å². The summed E-state index contributed by atoms with van der Waals surface area (Å²) in [7, 11) is 2.53. The molecule has 7 heteroatoms. The number of rotatable bonds is 6. The van der Waals surface area contributed by atoms with Crippen LogP contribution in [0.25, 0.3) is 21.0 Å². The first kappa shape index (κ1) is 20.8. The Balaban J connectivity index is 1.88. The van der Waals surface area contributed by atoms with E-state index in [4.69, 9.17) is 14.5 Å². The number of para-hydroxylation sites is 1. The fraction of sp³-hybridized carbons (Fsp3) is 0.208. The highest BCUT2D eigenvalue weighted by atomic mass is 32.1. The van der Waals surface area contributed by atoms with Crippen LogP contribution in [0.15, 0.2) is 60.7 Å². The number of anilines is 1. The zero-order valence-electron chi connectivity index (χ0n) is 17.4. The van der Waals surface area contributed by atoms with Crippen LogP contribution < -0.4 is 5.32 Å². The maximum atomic E-state index is 12.7. The molecule has 0 aliphatic heterocycles. The number of aryl methyl sites for hydroxylation is 1. The van der Waals surface area contributed by atoms with Crippen molar-refractivity contribution in [2.24, 2.45) is 5.92 Å². The van der Waals surface area contributed by atoms with Gasteiger partial charge in [0.15, 0.2) is 11.0 Å². The van der Waals surface area contributed by atoms with Crippen molar-refractivity contribution in [1.82, 2.24) is 4.98 Å². The second-order valence-electron chi connectivity index (χ2n) is 7.16. The highest BCUT2D eigenvalue weighted by Crippen LogP contribution is 2.36. The van der Waals surface area contributed by atoms with Crippen molar-refractivity contribution in [2.75, 3.05) is 19.5 Å². The summed E-state index contributed by atoms with van der Waals surface area (Å²) < 4.78 is 11.0. The van der Waals surface area contributed by atoms with Gasteiger partial charge in [0.1, 0.15) is 0 Å². The number of fused-ring (bicyclic) bond motifs is 2. The molecule has 6 nitrogen and oxygen atoms in total. The molecule has 0 saturated carbocycles. The standard InChI is InChI=1S/C24H22N2O4S/c1-14-8-6-13-18-20(14)25-24(31-18)26-21(19(22(27)29-2)23(28)30-3)17-12-7-10-15-9-4-5-11-16(15)17/h4-13,19,21H,1-3H3,(H,25,26). The molecule has 1 N–H and O–H groups in total. The van der Waals surface area contributed by atoms with Gasteiger partial charge in [-0.15, -0.1) is 0 Å². The van der Waals surface area contributed by atoms with Gasteiger partial charge in [0.25, 0.3) is 0 Å². The molecular weight excluding hydrogens is 412 g/mol. The Labute approximate surface area is 183 Å². The van der Waals surface area contributed by atoms with Gasteiger partial charge in [-0.25, -0.2) is 4.98 Å². The van der Waals surface area contributed by atoms with Gasteiger partial charge in [-0.3, -0.25) is 9.59 Å². The van der Waals surface area contributed by atoms with Gasteiger partial charge in [-0.05, 0) is 34.9 Å². The molecule has 1 aromatic heterocycles. The van der Waals surface area contributed by atoms with Crippen LogP contribution in [0.2, 0.25) is 0 Å². The number of carbonyl (C=O) groups excluding carboxylic acids is 2. The van der Waals surface area contributed by atoms with Crippen molar-refractivity contribution in [3.8, 4) is 0 Å². The molecule has 1 unspecified atom stereocenters. The van der Waals surface area contributed by atoms with E-state index in [1.807, 2.05) is 67.6 Å². The Bertz CT molecular complexity index is 1250. The zero-order chi connectivity index (χ0) is 22.0. The fourth-order valence-electron chi connectivity index (χ4n) is 3.77. The number of nitrogens with one attached hydrogen (secondary N) is 1. The second-order valence-corrected chi connectivity index (χ2v) is 8.19. The lowest BCUT2D eigenvalue weighted by molar-refractivity contribution is -0.159. The lowest BCUT2D eigenvalue weighted by Gasteiger charge is -2.26. The number of aromatic nitrogens is 1. The minimum Gasteiger partial charge on any atom is -0.468 e. The van der Waals surface area contributed by atoms with Crippen LogP contribution in [0.3, 0.4) is 0 Å². The van der Waals surface area contributed by atoms with Gasteiger partial charge < -0.3 is 14.8 Å². The quantitative estimate of drug-likeness (QED) is 0.344. The van der Waals surface area contributed by atoms with Crippen LogP contribution >= 0.6 is 11.3 Å². The van der Waals surface area contributed by atoms with Crippen molar-refractivity contribution >= 4 is 49.4 Å². The van der Waals surface area contributed by atoms with Crippen molar-refractivity contribution in [3.63, 3.8) is 0 Å². The van der Waals surface area contributed by atoms with E-state index in [1.54, 1.807) is 0 Å². The smallest absolute Gasteiger partial charge is 0.322 e. The Hall–Kier alpha value is -3.45. The lowest BCUT2D eigenvalue weighted by Crippen LogP contribution is -2.36. The van der Waals surface area contributed by atoms with Crippen LogP contribution in [-0.2, 0) is 19.1 Å². The summed E-state index contributed by atoms with van der Waals surface area (Å²) in [5.74, 6) is -2.54. The zero-order valence-corrected chi connectivity index (χ0v) is 18.2. The topological polar surface area (TPSA) is 77.5 Å². The third-order valence-corrected chi connectivity index (χ3v) is 6.25. The summed E-state index contributed by atoms with van der Waals surface area (Å²) in [4.78, 5) is 30.1. The number of ether oxygens (including phenoxy) is 2. The molecular formula is C24H22N2O4S. The number of nitrogens with zero attached hydrogens (tertiary/aromatic N) is 1. The van der Waals surface area contributed by atoms with Crippen LogP contribution in [-0.4, -0.2) is 31.1 Å². The van der Waals surface area contributed by atoms with E-state index < -0.39 is 23.9 Å². The predicted octanol–water partition coefficient (Wildman–Crippen LogP) is 4.87. The molecule has 3 aromatic carbocycles. The number of thiazole rings is 1. The molecule has 31 heavy (non-hydrogen) atoms. The molecule has 0 saturated heterocycles. The largest absolute Gasteiger partial charge is 0.468 e. The highest BCUT2D eigenvalue weighted by Gasteiger charge is 2.39. The van der Waals surface area contributed by atoms with Gasteiger partial charge in [0.05, 0.1) is 30.5 Å². The Morgan fingerprint density at radius 1 is 0.935 bits per heavy atom. The molecule has 0 radical (unpaired) electrons. The van der Waals surface area contributed by atoms with E-state index >= 15 is 0 Å². The molecule has 0 fully saturated rings. The molecule has 158 valence electrons. The molecule has 1 atom stereocenters. The van der Waals surface area contributed by atoms with Crippen LogP contribution in [0, 0.1) is 12.8 Å².